The molecule has 0 saturated heterocycles. The standard InChI is InChI=1S/C38H38N2O8/c1-23(25-15-19-29(20-16-25)47-27-11-7-5-8-12-27)39(3)35(41)31-32(34(38(45)46)33(31)37(43)44)36(42)40(4)24(2)26-17-21-30(22-18-26)48-28-13-9-6-10-14-28/h5-24,31-34H,1-4H3,(H,43,44)(H,45,46). The van der Waals surface area contributed by atoms with Gasteiger partial charge >= 0.3 is 11.9 Å². The van der Waals surface area contributed by atoms with Crippen LogP contribution in [0.4, 0.5) is 0 Å². The summed E-state index contributed by atoms with van der Waals surface area (Å²) < 4.78 is 11.7. The lowest BCUT2D eigenvalue weighted by atomic mass is 9.55. The van der Waals surface area contributed by atoms with Gasteiger partial charge in [0.1, 0.15) is 23.0 Å². The van der Waals surface area contributed by atoms with Crippen molar-refractivity contribution in [1.29, 1.82) is 0 Å². The molecule has 4 aromatic carbocycles. The van der Waals surface area contributed by atoms with Crippen molar-refractivity contribution in [3.8, 4) is 23.0 Å². The third kappa shape index (κ3) is 7.02. The van der Waals surface area contributed by atoms with Gasteiger partial charge in [-0.2, -0.15) is 0 Å². The minimum atomic E-state index is -1.56. The Hall–Kier alpha value is -5.64. The quantitative estimate of drug-likeness (QED) is 0.174. The second-order valence-corrected chi connectivity index (χ2v) is 12.0. The second-order valence-electron chi connectivity index (χ2n) is 12.0. The van der Waals surface area contributed by atoms with E-state index in [1.165, 1.54) is 23.9 Å². The number of benzene rings is 4. The number of nitrogens with zero attached hydrogens (tertiary/aromatic N) is 2. The lowest BCUT2D eigenvalue weighted by molar-refractivity contribution is -0.187. The molecule has 0 spiro atoms. The van der Waals surface area contributed by atoms with Crippen LogP contribution in [0.5, 0.6) is 23.0 Å². The molecule has 48 heavy (non-hydrogen) atoms. The summed E-state index contributed by atoms with van der Waals surface area (Å²) in [5.74, 6) is -7.38. The van der Waals surface area contributed by atoms with Crippen molar-refractivity contribution < 1.29 is 38.9 Å². The van der Waals surface area contributed by atoms with Gasteiger partial charge in [-0.25, -0.2) is 0 Å². The molecule has 1 fully saturated rings. The molecule has 6 atom stereocenters. The summed E-state index contributed by atoms with van der Waals surface area (Å²) >= 11 is 0. The number of hydrogen-bond acceptors (Lipinski definition) is 6. The minimum absolute atomic E-state index is 0.509. The van der Waals surface area contributed by atoms with Gasteiger partial charge < -0.3 is 29.5 Å². The number of carbonyl (C=O) groups excluding carboxylic acids is 2. The van der Waals surface area contributed by atoms with E-state index in [1.54, 1.807) is 62.4 Å². The summed E-state index contributed by atoms with van der Waals surface area (Å²) in [5, 5.41) is 20.1. The number of carboxylic acid groups (broad SMARTS) is 2. The van der Waals surface area contributed by atoms with Crippen LogP contribution in [-0.2, 0) is 19.2 Å². The van der Waals surface area contributed by atoms with Gasteiger partial charge in [0.25, 0.3) is 0 Å². The van der Waals surface area contributed by atoms with E-state index in [2.05, 4.69) is 0 Å². The first-order valence-electron chi connectivity index (χ1n) is 15.6. The number of para-hydroxylation sites is 2. The molecule has 4 aromatic rings. The predicted molar refractivity (Wildman–Crippen MR) is 178 cm³/mol. The number of carbonyl (C=O) groups is 4. The third-order valence-corrected chi connectivity index (χ3v) is 9.23. The normalized spacial score (nSPS) is 19.6. The van der Waals surface area contributed by atoms with Gasteiger partial charge in [0, 0.05) is 14.1 Å². The highest BCUT2D eigenvalue weighted by molar-refractivity contribution is 5.99. The van der Waals surface area contributed by atoms with Gasteiger partial charge in [-0.05, 0) is 73.5 Å². The van der Waals surface area contributed by atoms with Crippen molar-refractivity contribution in [2.45, 2.75) is 25.9 Å². The Morgan fingerprint density at radius 1 is 0.500 bits per heavy atom. The molecule has 1 saturated carbocycles. The lowest BCUT2D eigenvalue weighted by Gasteiger charge is -2.48. The molecular weight excluding hydrogens is 612 g/mol. The van der Waals surface area contributed by atoms with Gasteiger partial charge in [0.15, 0.2) is 0 Å². The highest BCUT2D eigenvalue weighted by Gasteiger charge is 2.64. The maximum absolute atomic E-state index is 14.0. The van der Waals surface area contributed by atoms with E-state index in [0.717, 1.165) is 11.1 Å². The molecule has 0 bridgehead atoms. The van der Waals surface area contributed by atoms with Crippen LogP contribution in [0.1, 0.15) is 37.1 Å². The third-order valence-electron chi connectivity index (χ3n) is 9.23. The monoisotopic (exact) mass is 650 g/mol. The summed E-state index contributed by atoms with van der Waals surface area (Å²) in [5.41, 5.74) is 1.50. The Morgan fingerprint density at radius 2 is 0.792 bits per heavy atom. The molecular formula is C38H38N2O8. The zero-order valence-electron chi connectivity index (χ0n) is 27.1. The van der Waals surface area contributed by atoms with Gasteiger partial charge in [-0.15, -0.1) is 0 Å². The van der Waals surface area contributed by atoms with Crippen LogP contribution >= 0.6 is 0 Å². The Bertz CT molecular complexity index is 1610. The summed E-state index contributed by atoms with van der Waals surface area (Å²) in [4.78, 5) is 55.3. The predicted octanol–water partition coefficient (Wildman–Crippen LogP) is 6.66. The number of rotatable bonds is 12. The van der Waals surface area contributed by atoms with Crippen molar-refractivity contribution in [3.05, 3.63) is 120 Å². The molecule has 248 valence electrons. The SMILES string of the molecule is CC(c1ccc(Oc2ccccc2)cc1)N(C)C(=O)C1C(C(=O)O)C(C(=O)O)C1C(=O)N(C)C(C)c1ccc(Oc2ccccc2)cc1. The number of hydrogen-bond donors (Lipinski definition) is 2. The van der Waals surface area contributed by atoms with Crippen molar-refractivity contribution in [3.63, 3.8) is 0 Å². The van der Waals surface area contributed by atoms with Crippen LogP contribution in [0, 0.1) is 23.7 Å². The van der Waals surface area contributed by atoms with Crippen molar-refractivity contribution in [2.24, 2.45) is 23.7 Å². The topological polar surface area (TPSA) is 134 Å². The average Bonchev–Trinajstić information content (AvgIpc) is 3.07. The van der Waals surface area contributed by atoms with E-state index in [-0.39, 0.29) is 0 Å². The summed E-state index contributed by atoms with van der Waals surface area (Å²) in [6.45, 7) is 3.56. The first-order valence-corrected chi connectivity index (χ1v) is 15.6. The summed E-state index contributed by atoms with van der Waals surface area (Å²) in [6, 6.07) is 31.8. The van der Waals surface area contributed by atoms with Crippen LogP contribution < -0.4 is 9.47 Å². The van der Waals surface area contributed by atoms with Crippen molar-refractivity contribution in [1.82, 2.24) is 9.80 Å². The van der Waals surface area contributed by atoms with Crippen LogP contribution in [0.2, 0.25) is 0 Å². The average molecular weight is 651 g/mol. The molecule has 0 aliphatic heterocycles. The molecule has 0 radical (unpaired) electrons. The molecule has 5 rings (SSSR count). The van der Waals surface area contributed by atoms with Gasteiger partial charge in [0.2, 0.25) is 11.8 Å². The molecule has 2 N–H and O–H groups in total. The minimum Gasteiger partial charge on any atom is -0.481 e. The molecule has 1 aliphatic carbocycles. The molecule has 1 aliphatic rings. The molecule has 10 heteroatoms. The molecule has 6 unspecified atom stereocenters. The fourth-order valence-corrected chi connectivity index (χ4v) is 6.15. The van der Waals surface area contributed by atoms with Crippen LogP contribution in [0.3, 0.4) is 0 Å². The van der Waals surface area contributed by atoms with E-state index >= 15 is 0 Å². The largest absolute Gasteiger partial charge is 0.481 e. The molecule has 2 amide bonds. The van der Waals surface area contributed by atoms with Crippen LogP contribution in [0.25, 0.3) is 0 Å². The van der Waals surface area contributed by atoms with Gasteiger partial charge in [0.05, 0.1) is 35.8 Å². The van der Waals surface area contributed by atoms with E-state index in [9.17, 15) is 29.4 Å². The Kier molecular flexibility index (Phi) is 10.1. The lowest BCUT2D eigenvalue weighted by Crippen LogP contribution is -2.64. The zero-order valence-corrected chi connectivity index (χ0v) is 27.1. The zero-order chi connectivity index (χ0) is 34.5. The summed E-state index contributed by atoms with van der Waals surface area (Å²) in [6.07, 6.45) is 0. The maximum atomic E-state index is 14.0. The van der Waals surface area contributed by atoms with Crippen LogP contribution in [-0.4, -0.2) is 57.9 Å². The van der Waals surface area contributed by atoms with Crippen LogP contribution in [0.15, 0.2) is 109 Å². The first kappa shape index (κ1) is 33.7. The number of amides is 2. The number of ether oxygens (including phenoxy) is 2. The van der Waals surface area contributed by atoms with E-state index in [1.807, 2.05) is 60.7 Å². The smallest absolute Gasteiger partial charge is 0.308 e. The number of carboxylic acids is 2. The highest BCUT2D eigenvalue weighted by Crippen LogP contribution is 2.49. The molecule has 0 heterocycles. The first-order chi connectivity index (χ1) is 23.0. The Labute approximate surface area is 279 Å². The molecule has 10 nitrogen and oxygen atoms in total. The van der Waals surface area contributed by atoms with E-state index < -0.39 is 59.5 Å². The van der Waals surface area contributed by atoms with Crippen molar-refractivity contribution in [2.75, 3.05) is 14.1 Å². The molecule has 0 aromatic heterocycles. The second kappa shape index (κ2) is 14.4. The Morgan fingerprint density at radius 3 is 1.08 bits per heavy atom. The van der Waals surface area contributed by atoms with E-state index in [4.69, 9.17) is 9.47 Å². The fourth-order valence-electron chi connectivity index (χ4n) is 6.15. The Balaban J connectivity index is 1.32. The highest BCUT2D eigenvalue weighted by atomic mass is 16.5. The summed E-state index contributed by atoms with van der Waals surface area (Å²) in [7, 11) is 3.06. The van der Waals surface area contributed by atoms with Gasteiger partial charge in [-0.3, -0.25) is 19.2 Å². The maximum Gasteiger partial charge on any atom is 0.308 e. The van der Waals surface area contributed by atoms with Gasteiger partial charge in [-0.1, -0.05) is 60.7 Å². The van der Waals surface area contributed by atoms with Crippen molar-refractivity contribution >= 4 is 23.8 Å². The fraction of sp³-hybridized carbons (Fsp3) is 0.263. The van der Waals surface area contributed by atoms with E-state index in [0.29, 0.717) is 23.0 Å². The number of aliphatic carboxylic acids is 2.